The summed E-state index contributed by atoms with van der Waals surface area (Å²) >= 11 is 0. The third-order valence-corrected chi connectivity index (χ3v) is 5.10. The van der Waals surface area contributed by atoms with Crippen molar-refractivity contribution in [1.29, 1.82) is 0 Å². The lowest BCUT2D eigenvalue weighted by molar-refractivity contribution is -0.384. The van der Waals surface area contributed by atoms with Crippen molar-refractivity contribution < 1.29 is 13.3 Å². The Labute approximate surface area is 139 Å². The van der Waals surface area contributed by atoms with E-state index in [4.69, 9.17) is 5.14 Å². The van der Waals surface area contributed by atoms with E-state index in [2.05, 4.69) is 17.4 Å². The van der Waals surface area contributed by atoms with Gasteiger partial charge in [0.05, 0.1) is 10.6 Å². The van der Waals surface area contributed by atoms with Crippen LogP contribution in [-0.2, 0) is 29.4 Å². The summed E-state index contributed by atoms with van der Waals surface area (Å²) in [5.41, 5.74) is 3.58. The summed E-state index contributed by atoms with van der Waals surface area (Å²) in [7, 11) is -3.97. The Kier molecular flexibility index (Phi) is 4.25. The summed E-state index contributed by atoms with van der Waals surface area (Å²) < 4.78 is 23.3. The first-order valence-electron chi connectivity index (χ1n) is 7.50. The molecule has 0 saturated carbocycles. The van der Waals surface area contributed by atoms with Crippen molar-refractivity contribution in [3.63, 3.8) is 0 Å². The average molecular weight is 347 g/mol. The first-order valence-corrected chi connectivity index (χ1v) is 9.05. The van der Waals surface area contributed by atoms with Crippen molar-refractivity contribution in [2.24, 2.45) is 5.14 Å². The number of fused-ring (bicyclic) bond motifs is 1. The Morgan fingerprint density at radius 2 is 1.88 bits per heavy atom. The second-order valence-corrected chi connectivity index (χ2v) is 7.32. The molecule has 3 rings (SSSR count). The summed E-state index contributed by atoms with van der Waals surface area (Å²) in [6.45, 7) is 0.358. The summed E-state index contributed by atoms with van der Waals surface area (Å²) in [5.74, 6) is 0. The van der Waals surface area contributed by atoms with Crippen molar-refractivity contribution in [2.45, 2.75) is 30.7 Å². The lowest BCUT2D eigenvalue weighted by Gasteiger charge is -2.11. The Hall–Kier alpha value is -2.45. The molecule has 1 aliphatic rings. The highest BCUT2D eigenvalue weighted by molar-refractivity contribution is 7.89. The maximum Gasteiger partial charge on any atom is 0.271 e. The van der Waals surface area contributed by atoms with Gasteiger partial charge in [0.15, 0.2) is 0 Å². The number of primary sulfonamides is 1. The Balaban J connectivity index is 1.88. The number of nitrogens with one attached hydrogen (secondary N) is 1. The predicted octanol–water partition coefficient (Wildman–Crippen LogP) is 2.34. The molecule has 126 valence electrons. The molecular formula is C16H17N3O4S. The largest absolute Gasteiger partial charge is 0.380 e. The molecule has 0 atom stereocenters. The van der Waals surface area contributed by atoms with E-state index in [0.717, 1.165) is 37.0 Å². The summed E-state index contributed by atoms with van der Waals surface area (Å²) in [6, 6.07) is 9.60. The van der Waals surface area contributed by atoms with Gasteiger partial charge in [0.25, 0.3) is 5.69 Å². The molecule has 0 aromatic heterocycles. The van der Waals surface area contributed by atoms with E-state index in [0.29, 0.717) is 6.54 Å². The fourth-order valence-corrected chi connectivity index (χ4v) is 3.65. The normalized spacial score (nSPS) is 13.5. The summed E-state index contributed by atoms with van der Waals surface area (Å²) in [5, 5.41) is 19.1. The first kappa shape index (κ1) is 16.4. The Morgan fingerprint density at radius 1 is 1.12 bits per heavy atom. The molecule has 3 N–H and O–H groups in total. The number of nitro groups is 1. The van der Waals surface area contributed by atoms with E-state index < -0.39 is 14.9 Å². The van der Waals surface area contributed by atoms with E-state index in [1.807, 2.05) is 6.07 Å². The van der Waals surface area contributed by atoms with Gasteiger partial charge in [-0.3, -0.25) is 10.1 Å². The molecule has 7 nitrogen and oxygen atoms in total. The molecule has 1 aliphatic carbocycles. The topological polar surface area (TPSA) is 115 Å². The van der Waals surface area contributed by atoms with Crippen LogP contribution in [0, 0.1) is 10.1 Å². The Bertz CT molecular complexity index is 910. The van der Waals surface area contributed by atoms with Crippen molar-refractivity contribution in [3.8, 4) is 0 Å². The molecule has 8 heteroatoms. The van der Waals surface area contributed by atoms with Gasteiger partial charge in [0.1, 0.15) is 4.90 Å². The zero-order valence-electron chi connectivity index (χ0n) is 12.9. The third kappa shape index (κ3) is 3.39. The van der Waals surface area contributed by atoms with Crippen LogP contribution >= 0.6 is 0 Å². The highest BCUT2D eigenvalue weighted by Crippen LogP contribution is 2.27. The van der Waals surface area contributed by atoms with E-state index in [9.17, 15) is 18.5 Å². The number of anilines is 1. The van der Waals surface area contributed by atoms with Gasteiger partial charge in [-0.1, -0.05) is 18.2 Å². The lowest BCUT2D eigenvalue weighted by atomic mass is 10.1. The van der Waals surface area contributed by atoms with E-state index in [1.165, 1.54) is 17.2 Å². The number of nitrogens with two attached hydrogens (primary N) is 1. The number of sulfonamides is 1. The number of rotatable bonds is 5. The molecule has 2 aromatic rings. The molecule has 0 bridgehead atoms. The number of nitro benzene ring substituents is 1. The zero-order chi connectivity index (χ0) is 17.3. The summed E-state index contributed by atoms with van der Waals surface area (Å²) in [6.07, 6.45) is 3.28. The molecule has 0 radical (unpaired) electrons. The second-order valence-electron chi connectivity index (χ2n) is 5.79. The van der Waals surface area contributed by atoms with Crippen LogP contribution in [0.1, 0.15) is 23.1 Å². The SMILES string of the molecule is NS(=O)(=O)c1ccc([N+](=O)[O-])cc1NCc1ccc2c(c1)CCC2. The van der Waals surface area contributed by atoms with Gasteiger partial charge in [-0.2, -0.15) is 0 Å². The molecule has 24 heavy (non-hydrogen) atoms. The maximum absolute atomic E-state index is 11.7. The van der Waals surface area contributed by atoms with Crippen LogP contribution in [0.2, 0.25) is 0 Å². The smallest absolute Gasteiger partial charge is 0.271 e. The monoisotopic (exact) mass is 347 g/mol. The van der Waals surface area contributed by atoms with Crippen molar-refractivity contribution in [2.75, 3.05) is 5.32 Å². The average Bonchev–Trinajstić information content (AvgIpc) is 2.99. The molecule has 0 saturated heterocycles. The van der Waals surface area contributed by atoms with Crippen LogP contribution < -0.4 is 10.5 Å². The minimum absolute atomic E-state index is 0.132. The van der Waals surface area contributed by atoms with Gasteiger partial charge in [-0.15, -0.1) is 0 Å². The number of aryl methyl sites for hydroxylation is 2. The van der Waals surface area contributed by atoms with Crippen LogP contribution in [-0.4, -0.2) is 13.3 Å². The van der Waals surface area contributed by atoms with Crippen molar-refractivity contribution in [1.82, 2.24) is 0 Å². The fraction of sp³-hybridized carbons (Fsp3) is 0.250. The third-order valence-electron chi connectivity index (χ3n) is 4.13. The molecule has 2 aromatic carbocycles. The number of benzene rings is 2. The van der Waals surface area contributed by atoms with E-state index in [1.54, 1.807) is 0 Å². The van der Waals surface area contributed by atoms with Gasteiger partial charge in [0.2, 0.25) is 10.0 Å². The van der Waals surface area contributed by atoms with Gasteiger partial charge in [-0.25, -0.2) is 13.6 Å². The van der Waals surface area contributed by atoms with Gasteiger partial charge >= 0.3 is 0 Å². The number of nitrogens with zero attached hydrogens (tertiary/aromatic N) is 1. The van der Waals surface area contributed by atoms with Crippen LogP contribution in [0.3, 0.4) is 0 Å². The van der Waals surface area contributed by atoms with Crippen LogP contribution in [0.15, 0.2) is 41.3 Å². The molecule has 0 fully saturated rings. The highest BCUT2D eigenvalue weighted by Gasteiger charge is 2.18. The fourth-order valence-electron chi connectivity index (χ4n) is 2.95. The van der Waals surface area contributed by atoms with E-state index in [-0.39, 0.29) is 16.3 Å². The minimum atomic E-state index is -3.97. The first-order chi connectivity index (χ1) is 11.3. The molecular weight excluding hydrogens is 330 g/mol. The zero-order valence-corrected chi connectivity index (χ0v) is 13.7. The Morgan fingerprint density at radius 3 is 2.58 bits per heavy atom. The molecule has 0 spiro atoms. The van der Waals surface area contributed by atoms with Gasteiger partial charge in [-0.05, 0) is 42.0 Å². The second kappa shape index (κ2) is 6.21. The van der Waals surface area contributed by atoms with E-state index >= 15 is 0 Å². The van der Waals surface area contributed by atoms with Crippen LogP contribution in [0.5, 0.6) is 0 Å². The summed E-state index contributed by atoms with van der Waals surface area (Å²) in [4.78, 5) is 10.2. The minimum Gasteiger partial charge on any atom is -0.380 e. The standard InChI is InChI=1S/C16H17N3O4S/c17-24(22,23)16-7-6-14(19(20)21)9-15(16)18-10-11-4-5-12-2-1-3-13(12)8-11/h4-9,18H,1-3,10H2,(H2,17,22,23). The quantitative estimate of drug-likeness (QED) is 0.636. The molecule has 0 heterocycles. The van der Waals surface area contributed by atoms with Crippen molar-refractivity contribution in [3.05, 3.63) is 63.2 Å². The molecule has 0 aliphatic heterocycles. The van der Waals surface area contributed by atoms with Crippen LogP contribution in [0.4, 0.5) is 11.4 Å². The van der Waals surface area contributed by atoms with Crippen LogP contribution in [0.25, 0.3) is 0 Å². The number of hydrogen-bond acceptors (Lipinski definition) is 5. The molecule has 0 unspecified atom stereocenters. The van der Waals surface area contributed by atoms with Crippen molar-refractivity contribution >= 4 is 21.4 Å². The highest BCUT2D eigenvalue weighted by atomic mass is 32.2. The molecule has 0 amide bonds. The van der Waals surface area contributed by atoms with Gasteiger partial charge < -0.3 is 5.32 Å². The maximum atomic E-state index is 11.7. The number of hydrogen-bond donors (Lipinski definition) is 2. The predicted molar refractivity (Wildman–Crippen MR) is 90.3 cm³/mol. The van der Waals surface area contributed by atoms with Gasteiger partial charge in [0, 0.05) is 18.7 Å². The number of non-ortho nitro benzene ring substituents is 1. The lowest BCUT2D eigenvalue weighted by Crippen LogP contribution is -2.15.